The molecule has 0 saturated carbocycles. The Labute approximate surface area is 205 Å². The van der Waals surface area contributed by atoms with Crippen molar-refractivity contribution in [3.63, 3.8) is 0 Å². The highest BCUT2D eigenvalue weighted by atomic mass is 127. The van der Waals surface area contributed by atoms with E-state index >= 15 is 0 Å². The van der Waals surface area contributed by atoms with Gasteiger partial charge in [-0.3, -0.25) is 19.3 Å². The molecule has 0 aliphatic carbocycles. The van der Waals surface area contributed by atoms with Crippen LogP contribution in [0.5, 0.6) is 5.75 Å². The molecule has 1 saturated heterocycles. The Morgan fingerprint density at radius 3 is 2.37 bits per heavy atom. The lowest BCUT2D eigenvalue weighted by molar-refractivity contribution is -0.143. The molecule has 0 atom stereocenters. The van der Waals surface area contributed by atoms with Crippen LogP contribution in [0.4, 0.5) is 4.79 Å². The van der Waals surface area contributed by atoms with Crippen molar-refractivity contribution in [3.8, 4) is 5.75 Å². The van der Waals surface area contributed by atoms with Crippen molar-refractivity contribution in [1.29, 1.82) is 0 Å². The summed E-state index contributed by atoms with van der Waals surface area (Å²) in [7, 11) is 1.21. The van der Waals surface area contributed by atoms with E-state index in [9.17, 15) is 14.4 Å². The topological polar surface area (TPSA) is 72.9 Å². The maximum atomic E-state index is 12.5. The molecule has 1 fully saturated rings. The van der Waals surface area contributed by atoms with Gasteiger partial charge >= 0.3 is 5.97 Å². The average molecular weight is 649 g/mol. The molecule has 2 aromatic rings. The number of imide groups is 1. The lowest BCUT2D eigenvalue weighted by Crippen LogP contribution is -2.34. The monoisotopic (exact) mass is 649 g/mol. The number of nitrogens with zero attached hydrogens (tertiary/aromatic N) is 1. The van der Waals surface area contributed by atoms with Gasteiger partial charge in [0.25, 0.3) is 11.1 Å². The Morgan fingerprint density at radius 1 is 1.13 bits per heavy atom. The summed E-state index contributed by atoms with van der Waals surface area (Å²) in [5.74, 6) is -0.370. The number of thioether (sulfide) groups is 1. The van der Waals surface area contributed by atoms with E-state index in [-0.39, 0.29) is 11.4 Å². The first-order chi connectivity index (χ1) is 14.3. The largest absolute Gasteiger partial charge is 0.487 e. The van der Waals surface area contributed by atoms with Crippen LogP contribution in [0, 0.1) is 14.1 Å². The molecule has 2 amide bonds. The van der Waals surface area contributed by atoms with Crippen LogP contribution in [0.2, 0.25) is 0 Å². The van der Waals surface area contributed by atoms with Gasteiger partial charge in [-0.1, -0.05) is 29.8 Å². The molecule has 1 aliphatic heterocycles. The van der Waals surface area contributed by atoms with Crippen molar-refractivity contribution in [1.82, 2.24) is 4.90 Å². The predicted molar refractivity (Wildman–Crippen MR) is 132 cm³/mol. The molecule has 0 aromatic heterocycles. The Hall–Kier alpha value is -1.60. The van der Waals surface area contributed by atoms with Gasteiger partial charge in [-0.15, -0.1) is 0 Å². The SMILES string of the molecule is COC(=O)CN1C(=O)S/C(=C\c2cc(I)c(OCc3ccc(C)cc3)c(I)c2)C1=O. The van der Waals surface area contributed by atoms with Crippen molar-refractivity contribution in [3.05, 3.63) is 65.1 Å². The highest BCUT2D eigenvalue weighted by Crippen LogP contribution is 2.35. The molecule has 156 valence electrons. The number of rotatable bonds is 6. The zero-order valence-corrected chi connectivity index (χ0v) is 21.2. The zero-order valence-electron chi connectivity index (χ0n) is 16.1. The Kier molecular flexibility index (Phi) is 7.80. The molecule has 1 aliphatic rings. The number of ether oxygens (including phenoxy) is 2. The summed E-state index contributed by atoms with van der Waals surface area (Å²) in [4.78, 5) is 37.1. The number of esters is 1. The second-order valence-corrected chi connectivity index (χ2v) is 9.75. The number of hydrogen-bond donors (Lipinski definition) is 0. The van der Waals surface area contributed by atoms with Crippen molar-refractivity contribution in [2.45, 2.75) is 13.5 Å². The van der Waals surface area contributed by atoms with E-state index < -0.39 is 17.1 Å². The van der Waals surface area contributed by atoms with Gasteiger partial charge in [-0.05, 0) is 93.2 Å². The number of amides is 2. The maximum absolute atomic E-state index is 12.5. The summed E-state index contributed by atoms with van der Waals surface area (Å²) in [6.45, 7) is 2.11. The predicted octanol–water partition coefficient (Wildman–Crippen LogP) is 4.99. The van der Waals surface area contributed by atoms with Gasteiger partial charge in [-0.25, -0.2) is 0 Å². The molecule has 9 heteroatoms. The fourth-order valence-corrected chi connectivity index (χ4v) is 5.59. The number of carbonyl (C=O) groups excluding carboxylic acids is 3. The third-order valence-corrected chi connectivity index (χ3v) is 6.72. The molecule has 0 N–H and O–H groups in total. The van der Waals surface area contributed by atoms with Crippen LogP contribution in [0.15, 0.2) is 41.3 Å². The Balaban J connectivity index is 1.76. The molecule has 6 nitrogen and oxygen atoms in total. The van der Waals surface area contributed by atoms with Crippen molar-refractivity contribution < 1.29 is 23.9 Å². The van der Waals surface area contributed by atoms with Gasteiger partial charge in [0.1, 0.15) is 18.9 Å². The molecule has 3 rings (SSSR count). The second kappa shape index (κ2) is 10.1. The van der Waals surface area contributed by atoms with E-state index in [1.807, 2.05) is 43.3 Å². The van der Waals surface area contributed by atoms with Crippen LogP contribution in [-0.4, -0.2) is 35.7 Å². The normalized spacial score (nSPS) is 15.1. The van der Waals surface area contributed by atoms with Crippen LogP contribution in [0.25, 0.3) is 6.08 Å². The summed E-state index contributed by atoms with van der Waals surface area (Å²) in [6.07, 6.45) is 1.65. The van der Waals surface area contributed by atoms with Crippen LogP contribution in [-0.2, 0) is 20.9 Å². The summed E-state index contributed by atoms with van der Waals surface area (Å²) in [5, 5.41) is -0.487. The van der Waals surface area contributed by atoms with Gasteiger partial charge in [0.2, 0.25) is 0 Å². The standard InChI is InChI=1S/C21H17I2NO5S/c1-12-3-5-13(6-4-12)11-29-19-15(22)7-14(8-16(19)23)9-17-20(26)24(21(27)30-17)10-18(25)28-2/h3-9H,10-11H2,1-2H3/b17-9-. The Bertz CT molecular complexity index is 1010. The fourth-order valence-electron chi connectivity index (χ4n) is 2.62. The minimum absolute atomic E-state index is 0.267. The smallest absolute Gasteiger partial charge is 0.325 e. The van der Waals surface area contributed by atoms with E-state index in [0.29, 0.717) is 6.61 Å². The molecular weight excluding hydrogens is 632 g/mol. The van der Waals surface area contributed by atoms with E-state index in [2.05, 4.69) is 49.9 Å². The first-order valence-electron chi connectivity index (χ1n) is 8.78. The summed E-state index contributed by atoms with van der Waals surface area (Å²) < 4.78 is 12.3. The number of benzene rings is 2. The summed E-state index contributed by atoms with van der Waals surface area (Å²) >= 11 is 5.19. The van der Waals surface area contributed by atoms with Gasteiger partial charge in [0.15, 0.2) is 0 Å². The van der Waals surface area contributed by atoms with Crippen molar-refractivity contribution in [2.24, 2.45) is 0 Å². The number of aryl methyl sites for hydroxylation is 1. The minimum atomic E-state index is -0.641. The summed E-state index contributed by atoms with van der Waals surface area (Å²) in [6, 6.07) is 11.9. The number of hydrogen-bond acceptors (Lipinski definition) is 6. The molecule has 0 unspecified atom stereocenters. The van der Waals surface area contributed by atoms with E-state index in [0.717, 1.165) is 40.7 Å². The van der Waals surface area contributed by atoms with Crippen LogP contribution >= 0.6 is 56.9 Å². The zero-order chi connectivity index (χ0) is 21.8. The lowest BCUT2D eigenvalue weighted by atomic mass is 10.1. The van der Waals surface area contributed by atoms with Gasteiger partial charge < -0.3 is 9.47 Å². The van der Waals surface area contributed by atoms with Crippen molar-refractivity contribution in [2.75, 3.05) is 13.7 Å². The van der Waals surface area contributed by atoms with Gasteiger partial charge in [0, 0.05) is 0 Å². The van der Waals surface area contributed by atoms with Crippen molar-refractivity contribution >= 4 is 80.1 Å². The minimum Gasteiger partial charge on any atom is -0.487 e. The van der Waals surface area contributed by atoms with E-state index in [4.69, 9.17) is 4.74 Å². The number of carbonyl (C=O) groups is 3. The first-order valence-corrected chi connectivity index (χ1v) is 11.8. The van der Waals surface area contributed by atoms with Crippen LogP contribution in [0.3, 0.4) is 0 Å². The first kappa shape index (κ1) is 23.1. The number of halogens is 2. The highest BCUT2D eigenvalue weighted by molar-refractivity contribution is 14.1. The molecule has 30 heavy (non-hydrogen) atoms. The third kappa shape index (κ3) is 5.55. The fraction of sp³-hybridized carbons (Fsp3) is 0.190. The van der Waals surface area contributed by atoms with E-state index in [1.54, 1.807) is 6.08 Å². The molecule has 1 heterocycles. The van der Waals surface area contributed by atoms with Gasteiger partial charge in [-0.2, -0.15) is 0 Å². The maximum Gasteiger partial charge on any atom is 0.325 e. The van der Waals surface area contributed by atoms with Gasteiger partial charge in [0.05, 0.1) is 19.2 Å². The molecule has 0 radical (unpaired) electrons. The summed E-state index contributed by atoms with van der Waals surface area (Å²) in [5.41, 5.74) is 3.05. The second-order valence-electron chi connectivity index (χ2n) is 6.43. The molecule has 2 aromatic carbocycles. The lowest BCUT2D eigenvalue weighted by Gasteiger charge is -2.12. The van der Waals surface area contributed by atoms with Crippen LogP contribution < -0.4 is 4.74 Å². The molecular formula is C21H17I2NO5S. The average Bonchev–Trinajstić information content (AvgIpc) is 2.96. The highest BCUT2D eigenvalue weighted by Gasteiger charge is 2.36. The Morgan fingerprint density at radius 2 is 1.77 bits per heavy atom. The quantitative estimate of drug-likeness (QED) is 0.250. The van der Waals surface area contributed by atoms with E-state index in [1.165, 1.54) is 12.7 Å². The molecule has 0 bridgehead atoms. The number of methoxy groups -OCH3 is 1. The molecule has 0 spiro atoms. The van der Waals surface area contributed by atoms with Crippen LogP contribution in [0.1, 0.15) is 16.7 Å². The third-order valence-electron chi connectivity index (χ3n) is 4.21.